The van der Waals surface area contributed by atoms with Crippen LogP contribution in [0.25, 0.3) is 11.1 Å². The molecule has 43 heavy (non-hydrogen) atoms. The number of ether oxygens (including phenoxy) is 2. The van der Waals surface area contributed by atoms with E-state index in [1.54, 1.807) is 0 Å². The molecule has 1 aromatic heterocycles. The summed E-state index contributed by atoms with van der Waals surface area (Å²) in [7, 11) is 1.50. The Labute approximate surface area is 251 Å². The summed E-state index contributed by atoms with van der Waals surface area (Å²) in [5.74, 6) is -0.0962. The lowest BCUT2D eigenvalue weighted by molar-refractivity contribution is 0.0542. The second-order valence-electron chi connectivity index (χ2n) is 11.7. The first-order valence-electron chi connectivity index (χ1n) is 15.2. The second-order valence-corrected chi connectivity index (χ2v) is 11.7. The molecular weight excluding hydrogens is 549 g/mol. The summed E-state index contributed by atoms with van der Waals surface area (Å²) in [4.78, 5) is 34.2. The van der Waals surface area contributed by atoms with Gasteiger partial charge in [0.25, 0.3) is 5.91 Å². The lowest BCUT2D eigenvalue weighted by Gasteiger charge is -2.40. The fourth-order valence-electron chi connectivity index (χ4n) is 6.53. The summed E-state index contributed by atoms with van der Waals surface area (Å²) < 4.78 is 24.9. The lowest BCUT2D eigenvalue weighted by Crippen LogP contribution is -2.50. The quantitative estimate of drug-likeness (QED) is 0.327. The Bertz CT molecular complexity index is 1510. The average molecular weight is 588 g/mol. The van der Waals surface area contributed by atoms with Gasteiger partial charge in [-0.2, -0.15) is 0 Å². The highest BCUT2D eigenvalue weighted by molar-refractivity contribution is 5.99. The maximum atomic E-state index is 13.6. The fourth-order valence-corrected chi connectivity index (χ4v) is 6.53. The Morgan fingerprint density at radius 2 is 1.79 bits per heavy atom. The summed E-state index contributed by atoms with van der Waals surface area (Å²) in [6.45, 7) is 5.66. The van der Waals surface area contributed by atoms with Crippen LogP contribution < -0.4 is 4.74 Å². The molecule has 0 unspecified atom stereocenters. The number of rotatable bonds is 10. The number of halogens is 1. The van der Waals surface area contributed by atoms with Gasteiger partial charge in [-0.05, 0) is 85.5 Å². The number of piperidine rings is 1. The number of methoxy groups -OCH3 is 1. The first-order chi connectivity index (χ1) is 20.9. The molecule has 1 aliphatic carbocycles. The number of likely N-dealkylation sites (tertiary alicyclic amines) is 1. The minimum atomic E-state index is -1.11. The molecule has 3 aliphatic rings. The molecule has 0 spiro atoms. The van der Waals surface area contributed by atoms with Crippen molar-refractivity contribution in [1.29, 1.82) is 0 Å². The minimum absolute atomic E-state index is 0.0201. The van der Waals surface area contributed by atoms with Crippen LogP contribution in [0.1, 0.15) is 81.8 Å². The van der Waals surface area contributed by atoms with Crippen LogP contribution in [0.3, 0.4) is 0 Å². The van der Waals surface area contributed by atoms with Crippen molar-refractivity contribution < 1.29 is 28.6 Å². The molecule has 8 nitrogen and oxygen atoms in total. The molecule has 1 saturated carbocycles. The molecule has 3 aromatic rings. The van der Waals surface area contributed by atoms with Gasteiger partial charge in [0.05, 0.1) is 35.7 Å². The first-order valence-corrected chi connectivity index (χ1v) is 15.2. The van der Waals surface area contributed by atoms with Crippen LogP contribution in [0.5, 0.6) is 5.75 Å². The van der Waals surface area contributed by atoms with Gasteiger partial charge >= 0.3 is 5.97 Å². The molecule has 2 aliphatic heterocycles. The standard InChI is InChI=1S/C34H38FN3O5/c1-3-43-32-18-27(22-6-8-24(35)9-7-22)26(21-4-5-21)16-23(32)19-37-13-10-25(11-14-37)38-15-12-30-28(33(38)39)17-29(34(40)41)31(36-30)20-42-2/h6-9,16-18,21,25H,3-5,10-15,19-20H2,1-2H3,(H,40,41). The van der Waals surface area contributed by atoms with Crippen LogP contribution >= 0.6 is 0 Å². The molecule has 3 heterocycles. The predicted octanol–water partition coefficient (Wildman–Crippen LogP) is 5.67. The van der Waals surface area contributed by atoms with Gasteiger partial charge in [0, 0.05) is 51.3 Å². The normalized spacial score (nSPS) is 17.7. The number of nitrogens with zero attached hydrogens (tertiary/aromatic N) is 3. The number of hydrogen-bond acceptors (Lipinski definition) is 6. The van der Waals surface area contributed by atoms with Crippen molar-refractivity contribution in [3.05, 3.63) is 81.9 Å². The smallest absolute Gasteiger partial charge is 0.337 e. The van der Waals surface area contributed by atoms with Crippen molar-refractivity contribution in [3.63, 3.8) is 0 Å². The van der Waals surface area contributed by atoms with Gasteiger partial charge in [0.2, 0.25) is 0 Å². The monoisotopic (exact) mass is 587 g/mol. The van der Waals surface area contributed by atoms with Gasteiger partial charge < -0.3 is 19.5 Å². The van der Waals surface area contributed by atoms with Crippen molar-refractivity contribution >= 4 is 11.9 Å². The third-order valence-corrected chi connectivity index (χ3v) is 8.87. The molecule has 2 aromatic carbocycles. The molecule has 2 fully saturated rings. The average Bonchev–Trinajstić information content (AvgIpc) is 3.85. The number of pyridine rings is 1. The number of carbonyl (C=O) groups is 2. The Morgan fingerprint density at radius 1 is 1.05 bits per heavy atom. The zero-order valence-corrected chi connectivity index (χ0v) is 24.8. The van der Waals surface area contributed by atoms with E-state index in [1.165, 1.54) is 30.9 Å². The number of benzene rings is 2. The molecule has 226 valence electrons. The Kier molecular flexibility index (Phi) is 8.45. The van der Waals surface area contributed by atoms with Gasteiger partial charge in [0.1, 0.15) is 11.6 Å². The van der Waals surface area contributed by atoms with E-state index in [9.17, 15) is 19.1 Å². The van der Waals surface area contributed by atoms with Crippen LogP contribution in [0.15, 0.2) is 42.5 Å². The second kappa shape index (κ2) is 12.4. The molecule has 0 radical (unpaired) electrons. The van der Waals surface area contributed by atoms with Crippen molar-refractivity contribution in [2.45, 2.75) is 64.1 Å². The zero-order valence-electron chi connectivity index (χ0n) is 24.8. The van der Waals surface area contributed by atoms with E-state index in [2.05, 4.69) is 22.0 Å². The molecule has 1 N–H and O–H groups in total. The number of amides is 1. The van der Waals surface area contributed by atoms with Gasteiger partial charge in [-0.15, -0.1) is 0 Å². The highest BCUT2D eigenvalue weighted by atomic mass is 19.1. The van der Waals surface area contributed by atoms with E-state index in [1.807, 2.05) is 24.0 Å². The Morgan fingerprint density at radius 3 is 2.44 bits per heavy atom. The van der Waals surface area contributed by atoms with Crippen LogP contribution in [0.2, 0.25) is 0 Å². The van der Waals surface area contributed by atoms with Crippen LogP contribution in [0, 0.1) is 5.82 Å². The number of aromatic nitrogens is 1. The lowest BCUT2D eigenvalue weighted by atomic mass is 9.93. The van der Waals surface area contributed by atoms with Crippen molar-refractivity contribution in [2.75, 3.05) is 33.4 Å². The van der Waals surface area contributed by atoms with E-state index in [0.29, 0.717) is 42.4 Å². The van der Waals surface area contributed by atoms with Crippen molar-refractivity contribution in [1.82, 2.24) is 14.8 Å². The molecular formula is C34H38FN3O5. The van der Waals surface area contributed by atoms with Gasteiger partial charge in [-0.25, -0.2) is 9.18 Å². The minimum Gasteiger partial charge on any atom is -0.494 e. The summed E-state index contributed by atoms with van der Waals surface area (Å²) in [5, 5.41) is 9.68. The molecule has 0 atom stereocenters. The molecule has 1 amide bonds. The van der Waals surface area contributed by atoms with Crippen LogP contribution in [0.4, 0.5) is 4.39 Å². The number of aromatic carboxylic acids is 1. The summed E-state index contributed by atoms with van der Waals surface area (Å²) in [6.07, 6.45) is 4.61. The zero-order chi connectivity index (χ0) is 30.1. The SMILES string of the molecule is CCOc1cc(-c2ccc(F)cc2)c(C2CC2)cc1CN1CCC(N2CCc3nc(COC)c(C(=O)O)cc3C2=O)CC1. The summed E-state index contributed by atoms with van der Waals surface area (Å²) >= 11 is 0. The van der Waals surface area contributed by atoms with Crippen LogP contribution in [-0.4, -0.2) is 71.2 Å². The topological polar surface area (TPSA) is 92.2 Å². The predicted molar refractivity (Wildman–Crippen MR) is 160 cm³/mol. The van der Waals surface area contributed by atoms with Crippen LogP contribution in [-0.2, 0) is 24.3 Å². The maximum Gasteiger partial charge on any atom is 0.337 e. The highest BCUT2D eigenvalue weighted by Gasteiger charge is 2.35. The maximum absolute atomic E-state index is 13.6. The largest absolute Gasteiger partial charge is 0.494 e. The van der Waals surface area contributed by atoms with Gasteiger partial charge in [-0.1, -0.05) is 12.1 Å². The molecule has 0 bridgehead atoms. The highest BCUT2D eigenvalue weighted by Crippen LogP contribution is 2.46. The van der Waals surface area contributed by atoms with E-state index >= 15 is 0 Å². The van der Waals surface area contributed by atoms with Gasteiger partial charge in [0.15, 0.2) is 0 Å². The third-order valence-electron chi connectivity index (χ3n) is 8.87. The molecule has 9 heteroatoms. The van der Waals surface area contributed by atoms with E-state index in [4.69, 9.17) is 9.47 Å². The first kappa shape index (κ1) is 29.3. The third kappa shape index (κ3) is 6.15. The molecule has 1 saturated heterocycles. The number of carboxylic acid groups (broad SMARTS) is 1. The number of carboxylic acids is 1. The van der Waals surface area contributed by atoms with E-state index in [0.717, 1.165) is 67.8 Å². The fraction of sp³-hybridized carbons (Fsp3) is 0.441. The van der Waals surface area contributed by atoms with Crippen molar-refractivity contribution in [3.8, 4) is 16.9 Å². The van der Waals surface area contributed by atoms with E-state index < -0.39 is 5.97 Å². The Hall–Kier alpha value is -3.82. The number of carbonyl (C=O) groups excluding carboxylic acids is 1. The van der Waals surface area contributed by atoms with E-state index in [-0.39, 0.29) is 29.9 Å². The Balaban J connectivity index is 1.16. The van der Waals surface area contributed by atoms with Crippen molar-refractivity contribution in [2.24, 2.45) is 0 Å². The number of fused-ring (bicyclic) bond motifs is 1. The summed E-state index contributed by atoms with van der Waals surface area (Å²) in [5.41, 5.74) is 6.00. The summed E-state index contributed by atoms with van der Waals surface area (Å²) in [6, 6.07) is 12.7. The number of hydrogen-bond donors (Lipinski definition) is 1. The van der Waals surface area contributed by atoms with Gasteiger partial charge in [-0.3, -0.25) is 14.7 Å². The molecule has 6 rings (SSSR count).